The highest BCUT2D eigenvalue weighted by molar-refractivity contribution is 6.40. The molecule has 1 aromatic rings. The molecule has 0 aliphatic rings. The van der Waals surface area contributed by atoms with Crippen molar-refractivity contribution in [2.45, 2.75) is 51.9 Å². The molecule has 0 aromatic heterocycles. The molecule has 0 aliphatic carbocycles. The van der Waals surface area contributed by atoms with Crippen molar-refractivity contribution < 1.29 is 15.2 Å². The van der Waals surface area contributed by atoms with Crippen LogP contribution in [0.1, 0.15) is 38.7 Å². The number of unbranched alkanes of at least 4 members (excludes halogenated alkanes) is 1. The van der Waals surface area contributed by atoms with E-state index in [9.17, 15) is 5.11 Å². The Labute approximate surface area is 141 Å². The quantitative estimate of drug-likeness (QED) is 0.521. The lowest BCUT2D eigenvalue weighted by molar-refractivity contribution is 0.324. The maximum absolute atomic E-state index is 9.32. The number of nitrogens with zero attached hydrogens (tertiary/aromatic N) is 1. The van der Waals surface area contributed by atoms with E-state index in [-0.39, 0.29) is 6.04 Å². The standard InChI is InChI=1S/C13H22N2O.C4H11BO2/c1-11(14)6-8-15(2)9-7-12-4-3-5-13(16)10-12;1-2-3-4-5(6)7/h3-5,10-11,16H,6-9,14H2,1-2H3;6-7H,2-4H2,1H3/t11-;/m0./s1. The molecule has 1 atom stereocenters. The fourth-order valence-electron chi connectivity index (χ4n) is 1.95. The van der Waals surface area contributed by atoms with E-state index in [0.29, 0.717) is 12.1 Å². The Morgan fingerprint density at radius 3 is 2.43 bits per heavy atom. The van der Waals surface area contributed by atoms with E-state index in [1.165, 1.54) is 5.56 Å². The van der Waals surface area contributed by atoms with Crippen LogP contribution < -0.4 is 5.73 Å². The van der Waals surface area contributed by atoms with E-state index in [2.05, 4.69) is 11.9 Å². The molecule has 0 amide bonds. The van der Waals surface area contributed by atoms with Gasteiger partial charge in [0.1, 0.15) is 5.75 Å². The molecule has 1 rings (SSSR count). The van der Waals surface area contributed by atoms with Crippen LogP contribution in [0.25, 0.3) is 0 Å². The van der Waals surface area contributed by atoms with Crippen molar-refractivity contribution in [1.29, 1.82) is 0 Å². The van der Waals surface area contributed by atoms with E-state index < -0.39 is 7.12 Å². The maximum atomic E-state index is 9.32. The van der Waals surface area contributed by atoms with Crippen LogP contribution in [0.15, 0.2) is 24.3 Å². The monoisotopic (exact) mass is 324 g/mol. The van der Waals surface area contributed by atoms with E-state index in [0.717, 1.165) is 38.8 Å². The number of nitrogens with two attached hydrogens (primary N) is 1. The summed E-state index contributed by atoms with van der Waals surface area (Å²) in [6.07, 6.45) is 4.42. The summed E-state index contributed by atoms with van der Waals surface area (Å²) >= 11 is 0. The van der Waals surface area contributed by atoms with Gasteiger partial charge in [0.15, 0.2) is 0 Å². The molecule has 5 nitrogen and oxygen atoms in total. The van der Waals surface area contributed by atoms with Gasteiger partial charge >= 0.3 is 7.12 Å². The molecule has 0 saturated heterocycles. The summed E-state index contributed by atoms with van der Waals surface area (Å²) in [7, 11) is 1.01. The van der Waals surface area contributed by atoms with Crippen molar-refractivity contribution >= 4 is 7.12 Å². The van der Waals surface area contributed by atoms with Gasteiger partial charge in [-0.2, -0.15) is 0 Å². The fourth-order valence-corrected chi connectivity index (χ4v) is 1.95. The molecule has 5 N–H and O–H groups in total. The molecular formula is C17H33BN2O3. The second-order valence-corrected chi connectivity index (χ2v) is 6.11. The highest BCUT2D eigenvalue weighted by atomic mass is 16.4. The summed E-state index contributed by atoms with van der Waals surface area (Å²) in [5.74, 6) is 0.343. The van der Waals surface area contributed by atoms with Crippen LogP contribution in [0.3, 0.4) is 0 Å². The van der Waals surface area contributed by atoms with Crippen molar-refractivity contribution in [2.24, 2.45) is 5.73 Å². The molecule has 0 radical (unpaired) electrons. The number of hydrogen-bond donors (Lipinski definition) is 4. The molecule has 0 unspecified atom stereocenters. The van der Waals surface area contributed by atoms with Crippen LogP contribution in [0.2, 0.25) is 6.32 Å². The maximum Gasteiger partial charge on any atom is 0.451 e. The van der Waals surface area contributed by atoms with Crippen molar-refractivity contribution in [3.05, 3.63) is 29.8 Å². The Kier molecular flexibility index (Phi) is 12.7. The number of aromatic hydroxyl groups is 1. The van der Waals surface area contributed by atoms with Gasteiger partial charge in [0.2, 0.25) is 0 Å². The average molecular weight is 324 g/mol. The van der Waals surface area contributed by atoms with E-state index in [1.54, 1.807) is 6.07 Å². The van der Waals surface area contributed by atoms with Gasteiger partial charge in [0.25, 0.3) is 0 Å². The third-order valence-electron chi connectivity index (χ3n) is 3.47. The van der Waals surface area contributed by atoms with Crippen LogP contribution in [0, 0.1) is 0 Å². The minimum Gasteiger partial charge on any atom is -0.508 e. The minimum absolute atomic E-state index is 0.267. The average Bonchev–Trinajstić information content (AvgIpc) is 2.49. The minimum atomic E-state index is -1.10. The first kappa shape index (κ1) is 21.9. The highest BCUT2D eigenvalue weighted by Gasteiger charge is 2.03. The SMILES string of the molecule is CCCCB(O)O.C[C@H](N)CCN(C)CCc1cccc(O)c1. The van der Waals surface area contributed by atoms with Gasteiger partial charge in [-0.3, -0.25) is 0 Å². The van der Waals surface area contributed by atoms with Crippen LogP contribution in [-0.4, -0.2) is 53.4 Å². The van der Waals surface area contributed by atoms with Crippen LogP contribution in [0.5, 0.6) is 5.75 Å². The van der Waals surface area contributed by atoms with E-state index in [1.807, 2.05) is 32.0 Å². The Balaban J connectivity index is 0.000000585. The summed E-state index contributed by atoms with van der Waals surface area (Å²) < 4.78 is 0. The summed E-state index contributed by atoms with van der Waals surface area (Å²) in [6, 6.07) is 7.71. The first-order chi connectivity index (χ1) is 10.8. The molecule has 6 heteroatoms. The van der Waals surface area contributed by atoms with Gasteiger partial charge in [0.05, 0.1) is 0 Å². The molecule has 0 bridgehead atoms. The van der Waals surface area contributed by atoms with Crippen molar-refractivity contribution in [2.75, 3.05) is 20.1 Å². The first-order valence-electron chi connectivity index (χ1n) is 8.43. The number of benzene rings is 1. The number of phenols is 1. The number of hydrogen-bond acceptors (Lipinski definition) is 5. The van der Waals surface area contributed by atoms with Gasteiger partial charge in [-0.05, 0) is 57.4 Å². The zero-order chi connectivity index (χ0) is 17.7. The fraction of sp³-hybridized carbons (Fsp3) is 0.647. The van der Waals surface area contributed by atoms with Crippen LogP contribution in [0.4, 0.5) is 0 Å². The van der Waals surface area contributed by atoms with Crippen molar-refractivity contribution in [3.8, 4) is 5.75 Å². The Bertz CT molecular complexity index is 403. The molecule has 23 heavy (non-hydrogen) atoms. The Morgan fingerprint density at radius 2 is 1.96 bits per heavy atom. The third kappa shape index (κ3) is 14.3. The Hall–Kier alpha value is -1.08. The van der Waals surface area contributed by atoms with Gasteiger partial charge in [-0.25, -0.2) is 0 Å². The molecule has 132 valence electrons. The van der Waals surface area contributed by atoms with Gasteiger partial charge in [0, 0.05) is 12.6 Å². The summed E-state index contributed by atoms with van der Waals surface area (Å²) in [5.41, 5.74) is 6.88. The predicted octanol–water partition coefficient (Wildman–Crippen LogP) is 1.86. The van der Waals surface area contributed by atoms with Gasteiger partial charge in [-0.1, -0.05) is 31.9 Å². The highest BCUT2D eigenvalue weighted by Crippen LogP contribution is 2.11. The van der Waals surface area contributed by atoms with Crippen LogP contribution in [-0.2, 0) is 6.42 Å². The first-order valence-corrected chi connectivity index (χ1v) is 8.43. The zero-order valence-corrected chi connectivity index (χ0v) is 14.8. The molecule has 0 aliphatic heterocycles. The lowest BCUT2D eigenvalue weighted by Gasteiger charge is -2.17. The summed E-state index contributed by atoms with van der Waals surface area (Å²) in [4.78, 5) is 2.27. The molecule has 1 aromatic carbocycles. The van der Waals surface area contributed by atoms with Gasteiger partial charge in [-0.15, -0.1) is 0 Å². The van der Waals surface area contributed by atoms with Gasteiger partial charge < -0.3 is 25.8 Å². The molecule has 0 heterocycles. The van der Waals surface area contributed by atoms with Crippen LogP contribution >= 0.6 is 0 Å². The second kappa shape index (κ2) is 13.4. The molecule has 0 saturated carbocycles. The molecule has 0 fully saturated rings. The number of likely N-dealkylation sites (N-methyl/N-ethyl adjacent to an activating group) is 1. The topological polar surface area (TPSA) is 90.0 Å². The molecular weight excluding hydrogens is 291 g/mol. The smallest absolute Gasteiger partial charge is 0.451 e. The van der Waals surface area contributed by atoms with E-state index in [4.69, 9.17) is 15.8 Å². The lowest BCUT2D eigenvalue weighted by Crippen LogP contribution is -2.27. The van der Waals surface area contributed by atoms with Crippen molar-refractivity contribution in [3.63, 3.8) is 0 Å². The Morgan fingerprint density at radius 1 is 1.26 bits per heavy atom. The lowest BCUT2D eigenvalue weighted by atomic mass is 9.84. The number of phenolic OH excluding ortho intramolecular Hbond substituents is 1. The predicted molar refractivity (Wildman–Crippen MR) is 97.5 cm³/mol. The third-order valence-corrected chi connectivity index (χ3v) is 3.47. The van der Waals surface area contributed by atoms with Crippen molar-refractivity contribution in [1.82, 2.24) is 4.90 Å². The summed E-state index contributed by atoms with van der Waals surface area (Å²) in [5, 5.41) is 25.8. The molecule has 0 spiro atoms. The second-order valence-electron chi connectivity index (χ2n) is 6.11. The van der Waals surface area contributed by atoms with E-state index >= 15 is 0 Å². The number of rotatable bonds is 9. The normalized spacial score (nSPS) is 11.8. The zero-order valence-electron chi connectivity index (χ0n) is 14.8. The largest absolute Gasteiger partial charge is 0.508 e. The summed E-state index contributed by atoms with van der Waals surface area (Å²) in [6.45, 7) is 6.07.